The smallest absolute Gasteiger partial charge is 0.320 e. The Morgan fingerprint density at radius 1 is 1.25 bits per heavy atom. The van der Waals surface area contributed by atoms with E-state index in [4.69, 9.17) is 5.73 Å². The first kappa shape index (κ1) is 13.8. The minimum atomic E-state index is -0.337. The molecule has 102 valence electrons. The molecule has 0 spiro atoms. The van der Waals surface area contributed by atoms with Crippen molar-refractivity contribution in [1.82, 2.24) is 9.13 Å². The highest BCUT2D eigenvalue weighted by Crippen LogP contribution is 2.04. The molecule has 1 aromatic carbocycles. The molecule has 5 heteroatoms. The number of benzene rings is 1. The van der Waals surface area contributed by atoms with Gasteiger partial charge in [0, 0.05) is 24.9 Å². The van der Waals surface area contributed by atoms with Crippen LogP contribution in [-0.2, 0) is 13.6 Å². The Morgan fingerprint density at radius 2 is 2.05 bits per heavy atom. The number of hydrogen-bond acceptors (Lipinski definition) is 3. The van der Waals surface area contributed by atoms with Gasteiger partial charge in [0.25, 0.3) is 5.56 Å². The van der Waals surface area contributed by atoms with Crippen LogP contribution in [0.2, 0.25) is 0 Å². The maximum Gasteiger partial charge on any atom is 0.331 e. The normalized spacial score (nSPS) is 9.90. The Morgan fingerprint density at radius 3 is 2.80 bits per heavy atom. The summed E-state index contributed by atoms with van der Waals surface area (Å²) in [6.45, 7) is 0.521. The van der Waals surface area contributed by atoms with Gasteiger partial charge < -0.3 is 10.3 Å². The summed E-state index contributed by atoms with van der Waals surface area (Å²) in [7, 11) is 1.61. The van der Waals surface area contributed by atoms with E-state index in [1.165, 1.54) is 21.4 Å². The molecule has 0 saturated heterocycles. The van der Waals surface area contributed by atoms with Crippen LogP contribution in [0.25, 0.3) is 0 Å². The maximum absolute atomic E-state index is 11.9. The summed E-state index contributed by atoms with van der Waals surface area (Å²) in [4.78, 5) is 23.7. The molecule has 0 aliphatic heterocycles. The molecule has 0 aliphatic carbocycles. The summed E-state index contributed by atoms with van der Waals surface area (Å²) >= 11 is 0. The topological polar surface area (TPSA) is 70.0 Å². The average Bonchev–Trinajstić information content (AvgIpc) is 2.46. The molecule has 0 saturated carbocycles. The van der Waals surface area contributed by atoms with Gasteiger partial charge in [0.1, 0.15) is 0 Å². The van der Waals surface area contributed by atoms with Crippen molar-refractivity contribution in [3.8, 4) is 11.8 Å². The van der Waals surface area contributed by atoms with Gasteiger partial charge in [-0.15, -0.1) is 0 Å². The lowest BCUT2D eigenvalue weighted by Gasteiger charge is -2.06. The van der Waals surface area contributed by atoms with Gasteiger partial charge in [-0.3, -0.25) is 9.36 Å². The van der Waals surface area contributed by atoms with Crippen molar-refractivity contribution >= 4 is 0 Å². The molecule has 2 N–H and O–H groups in total. The SMILES string of the molecule is Cn1ccc(=O)n(Cc2cccc(C#CCN)c2)c1=O. The fraction of sp³-hybridized carbons (Fsp3) is 0.200. The molecule has 0 aliphatic rings. The van der Waals surface area contributed by atoms with E-state index in [9.17, 15) is 9.59 Å². The van der Waals surface area contributed by atoms with E-state index in [0.29, 0.717) is 6.54 Å². The Kier molecular flexibility index (Phi) is 4.18. The van der Waals surface area contributed by atoms with Gasteiger partial charge in [0.05, 0.1) is 13.1 Å². The Labute approximate surface area is 116 Å². The van der Waals surface area contributed by atoms with Crippen molar-refractivity contribution in [1.29, 1.82) is 0 Å². The minimum absolute atomic E-state index is 0.227. The lowest BCUT2D eigenvalue weighted by molar-refractivity contribution is 0.639. The second-order valence-corrected chi connectivity index (χ2v) is 4.34. The molecule has 1 aromatic heterocycles. The maximum atomic E-state index is 11.9. The van der Waals surface area contributed by atoms with Crippen LogP contribution in [0.4, 0.5) is 0 Å². The minimum Gasteiger partial charge on any atom is -0.320 e. The van der Waals surface area contributed by atoms with E-state index in [1.54, 1.807) is 7.05 Å². The summed E-state index contributed by atoms with van der Waals surface area (Å²) in [6.07, 6.45) is 1.46. The van der Waals surface area contributed by atoms with Crippen molar-refractivity contribution in [2.75, 3.05) is 6.54 Å². The van der Waals surface area contributed by atoms with Crippen molar-refractivity contribution in [2.24, 2.45) is 12.8 Å². The highest BCUT2D eigenvalue weighted by atomic mass is 16.2. The van der Waals surface area contributed by atoms with Crippen LogP contribution >= 0.6 is 0 Å². The molecule has 5 nitrogen and oxygen atoms in total. The fourth-order valence-electron chi connectivity index (χ4n) is 1.84. The van der Waals surface area contributed by atoms with E-state index < -0.39 is 0 Å². The molecule has 0 bridgehead atoms. The van der Waals surface area contributed by atoms with Gasteiger partial charge in [-0.05, 0) is 17.7 Å². The lowest BCUT2D eigenvalue weighted by Crippen LogP contribution is -2.38. The molecule has 20 heavy (non-hydrogen) atoms. The van der Waals surface area contributed by atoms with E-state index >= 15 is 0 Å². The molecular formula is C15H15N3O2. The van der Waals surface area contributed by atoms with E-state index in [2.05, 4.69) is 11.8 Å². The summed E-state index contributed by atoms with van der Waals surface area (Å²) in [6, 6.07) is 8.78. The molecule has 0 unspecified atom stereocenters. The number of nitrogens with two attached hydrogens (primary N) is 1. The molecule has 0 atom stereocenters. The van der Waals surface area contributed by atoms with Crippen molar-refractivity contribution < 1.29 is 0 Å². The largest absolute Gasteiger partial charge is 0.331 e. The zero-order chi connectivity index (χ0) is 14.5. The third-order valence-electron chi connectivity index (χ3n) is 2.84. The molecule has 1 heterocycles. The first-order valence-electron chi connectivity index (χ1n) is 6.16. The fourth-order valence-corrected chi connectivity index (χ4v) is 1.84. The number of rotatable bonds is 2. The predicted molar refractivity (Wildman–Crippen MR) is 77.4 cm³/mol. The van der Waals surface area contributed by atoms with Gasteiger partial charge in [0.2, 0.25) is 0 Å². The molecule has 2 aromatic rings. The highest BCUT2D eigenvalue weighted by Gasteiger charge is 2.04. The third-order valence-corrected chi connectivity index (χ3v) is 2.84. The predicted octanol–water partition coefficient (Wildman–Crippen LogP) is -0.0945. The summed E-state index contributed by atoms with van der Waals surface area (Å²) in [5.41, 5.74) is 6.34. The molecule has 0 fully saturated rings. The van der Waals surface area contributed by atoms with Crippen LogP contribution in [-0.4, -0.2) is 15.7 Å². The van der Waals surface area contributed by atoms with Crippen molar-refractivity contribution in [2.45, 2.75) is 6.54 Å². The van der Waals surface area contributed by atoms with E-state index in [0.717, 1.165) is 11.1 Å². The summed E-state index contributed by atoms with van der Waals surface area (Å²) in [5, 5.41) is 0. The summed E-state index contributed by atoms with van der Waals surface area (Å²) < 4.78 is 2.56. The van der Waals surface area contributed by atoms with Gasteiger partial charge in [-0.2, -0.15) is 0 Å². The van der Waals surface area contributed by atoms with Gasteiger partial charge >= 0.3 is 5.69 Å². The number of hydrogen-bond donors (Lipinski definition) is 1. The second kappa shape index (κ2) is 6.04. The van der Waals surface area contributed by atoms with E-state index in [1.807, 2.05) is 24.3 Å². The molecule has 2 rings (SSSR count). The standard InChI is InChI=1S/C15H15N3O2/c1-17-9-7-14(19)18(15(17)20)11-13-5-2-4-12(10-13)6-3-8-16/h2,4-5,7,9-10H,8,11,16H2,1H3. The molecular weight excluding hydrogens is 254 g/mol. The van der Waals surface area contributed by atoms with Crippen LogP contribution < -0.4 is 17.0 Å². The summed E-state index contributed by atoms with van der Waals surface area (Å²) in [5.74, 6) is 5.70. The van der Waals surface area contributed by atoms with Gasteiger partial charge in [-0.1, -0.05) is 24.0 Å². The van der Waals surface area contributed by atoms with Crippen molar-refractivity contribution in [3.63, 3.8) is 0 Å². The zero-order valence-corrected chi connectivity index (χ0v) is 11.2. The molecule has 0 amide bonds. The van der Waals surface area contributed by atoms with Crippen LogP contribution in [0.15, 0.2) is 46.1 Å². The average molecular weight is 269 g/mol. The second-order valence-electron chi connectivity index (χ2n) is 4.34. The third kappa shape index (κ3) is 3.05. The van der Waals surface area contributed by atoms with Crippen LogP contribution in [0.5, 0.6) is 0 Å². The number of aryl methyl sites for hydroxylation is 1. The number of aromatic nitrogens is 2. The lowest BCUT2D eigenvalue weighted by atomic mass is 10.1. The van der Waals surface area contributed by atoms with E-state index in [-0.39, 0.29) is 17.8 Å². The first-order chi connectivity index (χ1) is 9.61. The quantitative estimate of drug-likeness (QED) is 0.774. The Bertz CT molecular complexity index is 791. The highest BCUT2D eigenvalue weighted by molar-refractivity contribution is 5.37. The Balaban J connectivity index is 2.38. The van der Waals surface area contributed by atoms with Crippen LogP contribution in [0, 0.1) is 11.8 Å². The first-order valence-corrected chi connectivity index (χ1v) is 6.16. The molecule has 0 radical (unpaired) electrons. The number of nitrogens with zero attached hydrogens (tertiary/aromatic N) is 2. The van der Waals surface area contributed by atoms with Crippen LogP contribution in [0.1, 0.15) is 11.1 Å². The zero-order valence-electron chi connectivity index (χ0n) is 11.2. The van der Waals surface area contributed by atoms with Crippen molar-refractivity contribution in [3.05, 3.63) is 68.5 Å². The van der Waals surface area contributed by atoms with Gasteiger partial charge in [-0.25, -0.2) is 4.79 Å². The monoisotopic (exact) mass is 269 g/mol. The van der Waals surface area contributed by atoms with Gasteiger partial charge in [0.15, 0.2) is 0 Å². The van der Waals surface area contributed by atoms with Crippen LogP contribution in [0.3, 0.4) is 0 Å². The Hall–Kier alpha value is -2.58.